The zero-order valence-corrected chi connectivity index (χ0v) is 13.1. The van der Waals surface area contributed by atoms with Gasteiger partial charge in [0.25, 0.3) is 0 Å². The number of nitrogens with one attached hydrogen (secondary N) is 2. The molecule has 2 aromatic rings. The quantitative estimate of drug-likeness (QED) is 0.577. The fourth-order valence-electron chi connectivity index (χ4n) is 2.78. The molecule has 1 unspecified atom stereocenters. The number of hydrogen-bond donors (Lipinski definition) is 3. The Labute approximate surface area is 133 Å². The van der Waals surface area contributed by atoms with Gasteiger partial charge < -0.3 is 20.9 Å². The van der Waals surface area contributed by atoms with E-state index in [1.165, 1.54) is 0 Å². The monoisotopic (exact) mass is 322 g/mol. The van der Waals surface area contributed by atoms with Crippen molar-refractivity contribution in [1.82, 2.24) is 20.3 Å². The van der Waals surface area contributed by atoms with E-state index in [1.54, 1.807) is 13.3 Å². The molecule has 7 nitrogen and oxygen atoms in total. The van der Waals surface area contributed by atoms with Gasteiger partial charge in [0.05, 0.1) is 10.9 Å². The normalized spacial score (nSPS) is 19.1. The van der Waals surface area contributed by atoms with Crippen molar-refractivity contribution in [3.05, 3.63) is 18.6 Å². The van der Waals surface area contributed by atoms with Crippen molar-refractivity contribution < 1.29 is 4.79 Å². The Kier molecular flexibility index (Phi) is 3.92. The molecular weight excluding hydrogens is 304 g/mol. The van der Waals surface area contributed by atoms with Gasteiger partial charge in [-0.2, -0.15) is 0 Å². The van der Waals surface area contributed by atoms with E-state index in [-0.39, 0.29) is 5.91 Å². The van der Waals surface area contributed by atoms with E-state index in [1.807, 2.05) is 12.3 Å². The largest absolute Gasteiger partial charge is 0.356 e. The molecule has 0 bridgehead atoms. The lowest BCUT2D eigenvalue weighted by molar-refractivity contribution is -0.127. The Morgan fingerprint density at radius 3 is 2.91 bits per heavy atom. The maximum Gasteiger partial charge on any atom is 0.241 e. The summed E-state index contributed by atoms with van der Waals surface area (Å²) in [6, 6.07) is 1.96. The number of anilines is 1. The van der Waals surface area contributed by atoms with Crippen LogP contribution in [0, 0.1) is 0 Å². The topological polar surface area (TPSA) is 99.9 Å². The van der Waals surface area contributed by atoms with Crippen molar-refractivity contribution in [2.75, 3.05) is 18.0 Å². The third kappa shape index (κ3) is 2.74. The van der Waals surface area contributed by atoms with Gasteiger partial charge in [0, 0.05) is 19.3 Å². The molecule has 3 heterocycles. The molecule has 1 saturated heterocycles. The molecule has 2 aromatic heterocycles. The molecule has 0 aliphatic carbocycles. The van der Waals surface area contributed by atoms with Crippen LogP contribution >= 0.6 is 11.6 Å². The van der Waals surface area contributed by atoms with Crippen LogP contribution in [0.15, 0.2) is 18.6 Å². The van der Waals surface area contributed by atoms with Crippen LogP contribution < -0.4 is 16.0 Å². The van der Waals surface area contributed by atoms with Gasteiger partial charge in [-0.25, -0.2) is 9.97 Å². The highest BCUT2D eigenvalue weighted by atomic mass is 35.5. The number of nitrogens with two attached hydrogens (primary N) is 1. The minimum atomic E-state index is -0.871. The summed E-state index contributed by atoms with van der Waals surface area (Å²) in [7, 11) is 0. The number of rotatable bonds is 3. The van der Waals surface area contributed by atoms with E-state index in [2.05, 4.69) is 25.2 Å². The van der Waals surface area contributed by atoms with Crippen LogP contribution in [-0.4, -0.2) is 45.0 Å². The number of alkyl halides is 1. The van der Waals surface area contributed by atoms with Gasteiger partial charge in [-0.15, -0.1) is 0 Å². The molecule has 0 saturated carbocycles. The Hall–Kier alpha value is -1.86. The second-order valence-electron chi connectivity index (χ2n) is 5.67. The SMILES string of the molecule is CC(Cl)NC(=O)C1(N)CCN(c2ncnc3[nH]ccc23)CC1. The number of H-pyrrole nitrogens is 1. The zero-order valence-electron chi connectivity index (χ0n) is 12.3. The van der Waals surface area contributed by atoms with E-state index in [0.29, 0.717) is 25.9 Å². The van der Waals surface area contributed by atoms with Gasteiger partial charge in [-0.3, -0.25) is 4.79 Å². The highest BCUT2D eigenvalue weighted by Crippen LogP contribution is 2.28. The average molecular weight is 323 g/mol. The highest BCUT2D eigenvalue weighted by molar-refractivity contribution is 6.21. The molecule has 1 atom stereocenters. The lowest BCUT2D eigenvalue weighted by Gasteiger charge is -2.38. The second-order valence-corrected chi connectivity index (χ2v) is 6.32. The molecule has 1 aliphatic rings. The summed E-state index contributed by atoms with van der Waals surface area (Å²) in [5, 5.41) is 3.66. The number of aromatic nitrogens is 3. The molecular formula is C14H19ClN6O. The standard InChI is InChI=1S/C14H19ClN6O/c1-9(15)20-13(22)14(16)3-6-21(7-4-14)12-10-2-5-17-11(10)18-8-19-12/h2,5,8-9H,3-4,6-7,16H2,1H3,(H,20,22)(H,17,18,19). The van der Waals surface area contributed by atoms with Gasteiger partial charge >= 0.3 is 0 Å². The van der Waals surface area contributed by atoms with E-state index >= 15 is 0 Å². The maximum absolute atomic E-state index is 12.2. The number of nitrogens with zero attached hydrogens (tertiary/aromatic N) is 3. The molecule has 4 N–H and O–H groups in total. The van der Waals surface area contributed by atoms with Gasteiger partial charge in [0.2, 0.25) is 5.91 Å². The Bertz CT molecular complexity index is 677. The van der Waals surface area contributed by atoms with E-state index in [9.17, 15) is 4.79 Å². The predicted molar refractivity (Wildman–Crippen MR) is 85.7 cm³/mol. The lowest BCUT2D eigenvalue weighted by atomic mass is 9.87. The summed E-state index contributed by atoms with van der Waals surface area (Å²) in [4.78, 5) is 26.0. The molecule has 118 valence electrons. The first kappa shape index (κ1) is 15.1. The minimum absolute atomic E-state index is 0.191. The third-order valence-electron chi connectivity index (χ3n) is 4.07. The van der Waals surface area contributed by atoms with Crippen LogP contribution in [0.25, 0.3) is 11.0 Å². The average Bonchev–Trinajstić information content (AvgIpc) is 2.96. The number of amides is 1. The fraction of sp³-hybridized carbons (Fsp3) is 0.500. The highest BCUT2D eigenvalue weighted by Gasteiger charge is 2.38. The van der Waals surface area contributed by atoms with Crippen molar-refractivity contribution in [2.24, 2.45) is 5.73 Å². The Morgan fingerprint density at radius 1 is 1.50 bits per heavy atom. The molecule has 8 heteroatoms. The molecule has 1 aliphatic heterocycles. The summed E-state index contributed by atoms with van der Waals surface area (Å²) in [6.45, 7) is 3.04. The summed E-state index contributed by atoms with van der Waals surface area (Å²) >= 11 is 5.81. The molecule has 3 rings (SSSR count). The van der Waals surface area contributed by atoms with Crippen LogP contribution in [0.3, 0.4) is 0 Å². The number of piperidine rings is 1. The first-order chi connectivity index (χ1) is 10.5. The smallest absolute Gasteiger partial charge is 0.241 e. The summed E-state index contributed by atoms with van der Waals surface area (Å²) in [6.07, 6.45) is 4.49. The van der Waals surface area contributed by atoms with Crippen molar-refractivity contribution in [3.63, 3.8) is 0 Å². The predicted octanol–water partition coefficient (Wildman–Crippen LogP) is 0.957. The van der Waals surface area contributed by atoms with Crippen molar-refractivity contribution in [2.45, 2.75) is 30.8 Å². The van der Waals surface area contributed by atoms with Crippen LogP contribution in [-0.2, 0) is 4.79 Å². The summed E-state index contributed by atoms with van der Waals surface area (Å²) in [5.74, 6) is 0.684. The van der Waals surface area contributed by atoms with Crippen LogP contribution in [0.4, 0.5) is 5.82 Å². The van der Waals surface area contributed by atoms with E-state index in [4.69, 9.17) is 17.3 Å². The van der Waals surface area contributed by atoms with Gasteiger partial charge in [0.15, 0.2) is 0 Å². The number of aromatic amines is 1. The van der Waals surface area contributed by atoms with Gasteiger partial charge in [-0.1, -0.05) is 11.6 Å². The first-order valence-electron chi connectivity index (χ1n) is 7.26. The Balaban J connectivity index is 1.74. The fourth-order valence-corrected chi connectivity index (χ4v) is 2.88. The zero-order chi connectivity index (χ0) is 15.7. The number of carbonyl (C=O) groups is 1. The van der Waals surface area contributed by atoms with Crippen molar-refractivity contribution >= 4 is 34.4 Å². The number of halogens is 1. The molecule has 1 amide bonds. The summed E-state index contributed by atoms with van der Waals surface area (Å²) < 4.78 is 0. The number of fused-ring (bicyclic) bond motifs is 1. The van der Waals surface area contributed by atoms with Crippen LogP contribution in [0.2, 0.25) is 0 Å². The lowest BCUT2D eigenvalue weighted by Crippen LogP contribution is -2.60. The maximum atomic E-state index is 12.2. The summed E-state index contributed by atoms with van der Waals surface area (Å²) in [5.41, 5.74) is 5.76. The molecule has 0 spiro atoms. The van der Waals surface area contributed by atoms with Crippen molar-refractivity contribution in [3.8, 4) is 0 Å². The third-order valence-corrected chi connectivity index (χ3v) is 4.18. The molecule has 0 aromatic carbocycles. The van der Waals surface area contributed by atoms with Gasteiger partial charge in [-0.05, 0) is 25.8 Å². The Morgan fingerprint density at radius 2 is 2.23 bits per heavy atom. The molecule has 22 heavy (non-hydrogen) atoms. The molecule has 0 radical (unpaired) electrons. The second kappa shape index (κ2) is 5.73. The van der Waals surface area contributed by atoms with Crippen LogP contribution in [0.1, 0.15) is 19.8 Å². The van der Waals surface area contributed by atoms with E-state index < -0.39 is 11.0 Å². The number of carbonyl (C=O) groups excluding carboxylic acids is 1. The number of hydrogen-bond acceptors (Lipinski definition) is 5. The first-order valence-corrected chi connectivity index (χ1v) is 7.70. The van der Waals surface area contributed by atoms with Crippen LogP contribution in [0.5, 0.6) is 0 Å². The molecule has 1 fully saturated rings. The van der Waals surface area contributed by atoms with E-state index in [0.717, 1.165) is 16.9 Å². The van der Waals surface area contributed by atoms with Gasteiger partial charge in [0.1, 0.15) is 23.3 Å². The van der Waals surface area contributed by atoms with Crippen molar-refractivity contribution in [1.29, 1.82) is 0 Å². The minimum Gasteiger partial charge on any atom is -0.356 e.